The van der Waals surface area contributed by atoms with Crippen LogP contribution in [0.5, 0.6) is 23.0 Å². The Morgan fingerprint density at radius 2 is 0.671 bits per heavy atom. The normalized spacial score (nSPS) is 13.7. The molecule has 0 radical (unpaired) electrons. The number of ether oxygens (including phenoxy) is 6. The predicted octanol–water partition coefficient (Wildman–Crippen LogP) is 25.3. The van der Waals surface area contributed by atoms with Crippen molar-refractivity contribution < 1.29 is 106 Å². The van der Waals surface area contributed by atoms with Crippen molar-refractivity contribution in [3.8, 4) is 23.0 Å². The zero-order valence-electron chi connectivity index (χ0n) is 95.1. The Kier molecular flexibility index (Phi) is 46.0. The van der Waals surface area contributed by atoms with Gasteiger partial charge in [0, 0.05) is 111 Å². The van der Waals surface area contributed by atoms with E-state index in [1.165, 1.54) is 49.2 Å². The van der Waals surface area contributed by atoms with Crippen molar-refractivity contribution in [3.05, 3.63) is 204 Å². The molecule has 149 heavy (non-hydrogen) atoms. The van der Waals surface area contributed by atoms with Gasteiger partial charge in [0.1, 0.15) is 34.6 Å². The molecule has 0 saturated heterocycles. The molecular formula is C118H171N9O22. The molecule has 1 aliphatic rings. The number of aryl methyl sites for hydroxylation is 1. The molecule has 6 aromatic carbocycles. The Morgan fingerprint density at radius 1 is 0.369 bits per heavy atom. The van der Waals surface area contributed by atoms with Crippen molar-refractivity contribution in [1.82, 2.24) is 43.7 Å². The van der Waals surface area contributed by atoms with Crippen LogP contribution in [0.15, 0.2) is 165 Å². The number of methoxy groups -OCH3 is 5. The largest absolute Gasteiger partial charge is 0.499 e. The van der Waals surface area contributed by atoms with Gasteiger partial charge in [-0.25, -0.2) is 53.7 Å². The van der Waals surface area contributed by atoms with E-state index in [-0.39, 0.29) is 79.2 Å². The van der Waals surface area contributed by atoms with E-state index in [1.807, 2.05) is 194 Å². The number of carbonyl (C=O) groups excluding carboxylic acids is 6. The molecule has 6 atom stereocenters. The number of hydrogen-bond acceptors (Lipinski definition) is 22. The average molecular weight is 2070 g/mol. The maximum absolute atomic E-state index is 12.8. The number of esters is 1. The molecule has 31 nitrogen and oxygen atoms in total. The monoisotopic (exact) mass is 2070 g/mol. The summed E-state index contributed by atoms with van der Waals surface area (Å²) in [6, 6.07) is 38.3. The number of nitrogens with zero attached hydrogens (tertiary/aromatic N) is 6. The fourth-order valence-corrected chi connectivity index (χ4v) is 16.8. The van der Waals surface area contributed by atoms with Gasteiger partial charge in [-0.2, -0.15) is 0 Å². The first kappa shape index (κ1) is 123. The second-order valence-corrected chi connectivity index (χ2v) is 44.8. The summed E-state index contributed by atoms with van der Waals surface area (Å²) >= 11 is 0. The first-order chi connectivity index (χ1) is 69.9. The predicted molar refractivity (Wildman–Crippen MR) is 586 cm³/mol. The Bertz CT molecular complexity index is 6140. The van der Waals surface area contributed by atoms with Crippen molar-refractivity contribution in [3.63, 3.8) is 0 Å². The molecule has 0 bridgehead atoms. The van der Waals surface area contributed by atoms with Crippen molar-refractivity contribution in [2.75, 3.05) is 61.8 Å². The number of aromatic nitrogens is 5. The van der Waals surface area contributed by atoms with Crippen LogP contribution >= 0.6 is 0 Å². The first-order valence-electron chi connectivity index (χ1n) is 52.0. The fraction of sp³-hybridized carbons (Fsp3) is 0.542. The number of fused-ring (bicyclic) bond motifs is 6. The molecule has 0 aliphatic carbocycles. The standard InChI is InChI=1S/C28H34N2O5.C26H40N2O5.C24H36N2O6.C22H34N2O4.C18H27NO2/c1-18(2)15-25(34-35-28(3,4)5)30-17-19(23-16-20(33-6)11-12-24(23)30)13-14-29-26(31)21-9-7-8-10-22(21)27(29)32;1-18(2)15-25(32-33-26(6,7)12-14-31-19(3)4)28-17-21(11-13-27-20(5)29)23-16-22(30-8)9-10-24(23)28;1-15(2)11-22(31-32-24(4,5)6)26-14-17(12-20(23(28)30-8)25-16(3)27)19-13-18(29-7)9-10-21(19)26;1-15(2)12-21(27-28-22(4,5)6)24-14-17(10-11-23-16(3)25)19-13-18(26-7)8-9-20(19)24;1-13(2)11-17(20-21-18(4,5)6)19-12-14(3)15-9-7-8-10-16(15)19/h7-12,16-18,25H,13-15H2,1-6H3;9-10,16-18,25H,3,11-15H2,1-2,4-8H3,(H,27,29);9-10,13-15,20,22H,11-12H2,1-8H3,(H,25,27);8-9,13-15,21H,10-12H2,1-7H3,(H,23,25);7-10,12-13,17H,11H2,1-6H3/t;;20-,22?;;/m..0../s1. The van der Waals surface area contributed by atoms with Crippen LogP contribution in [0.1, 0.15) is 312 Å². The lowest BCUT2D eigenvalue weighted by atomic mass is 10.0. The SMILES string of the molecule is C=C(C)OCCC(C)(C)OOC(CC(C)C)n1cc(CCNC(C)=O)c2cc(OC)ccc21.COC(=O)[C@H](Cc1cn(C(CC(C)C)OOC(C)(C)C)c2ccc(OC)cc12)NC(C)=O.COc1ccc2c(c1)c(CCN1C(=O)c3ccccc3C1=O)cn2C(CC(C)C)OOC(C)(C)C.COc1ccc2c(c1)c(CCNC(C)=O)cn2C(CC(C)C)OOC(C)(C)C.Cc1cn(C(CC(C)C)OOC(C)(C)C)c2ccccc12. The van der Waals surface area contributed by atoms with Crippen LogP contribution in [0.3, 0.4) is 0 Å². The van der Waals surface area contributed by atoms with Gasteiger partial charge in [-0.15, -0.1) is 0 Å². The number of para-hydroxylation sites is 1. The molecule has 0 spiro atoms. The van der Waals surface area contributed by atoms with E-state index in [0.717, 1.165) is 122 Å². The van der Waals surface area contributed by atoms with Crippen molar-refractivity contribution in [1.29, 1.82) is 0 Å². The average Bonchev–Trinajstić information content (AvgIpc) is 1.64. The molecule has 0 fully saturated rings. The van der Waals surface area contributed by atoms with E-state index in [9.17, 15) is 28.8 Å². The molecule has 12 rings (SSSR count). The Morgan fingerprint density at radius 3 is 0.980 bits per heavy atom. The number of imide groups is 1. The zero-order valence-corrected chi connectivity index (χ0v) is 95.1. The second kappa shape index (κ2) is 55.9. The van der Waals surface area contributed by atoms with Gasteiger partial charge in [-0.05, 0) is 311 Å². The number of hydrogen-bond donors (Lipinski definition) is 3. The minimum atomic E-state index is -0.807. The highest BCUT2D eigenvalue weighted by molar-refractivity contribution is 6.21. The third kappa shape index (κ3) is 38.1. The zero-order chi connectivity index (χ0) is 110. The minimum absolute atomic E-state index is 0.0269. The summed E-state index contributed by atoms with van der Waals surface area (Å²) in [5.74, 6) is 4.44. The number of benzene rings is 6. The number of rotatable bonds is 47. The highest BCUT2D eigenvalue weighted by Crippen LogP contribution is 2.41. The first-order valence-corrected chi connectivity index (χ1v) is 52.0. The molecule has 6 heterocycles. The van der Waals surface area contributed by atoms with E-state index in [4.69, 9.17) is 77.3 Å². The fourth-order valence-electron chi connectivity index (χ4n) is 16.8. The maximum Gasteiger partial charge on any atom is 0.328 e. The van der Waals surface area contributed by atoms with E-state index < -0.39 is 34.4 Å². The third-order valence-electron chi connectivity index (χ3n) is 23.7. The second-order valence-electron chi connectivity index (χ2n) is 44.8. The van der Waals surface area contributed by atoms with Crippen LogP contribution in [-0.4, -0.2) is 159 Å². The summed E-state index contributed by atoms with van der Waals surface area (Å²) in [6.45, 7) is 63.2. The minimum Gasteiger partial charge on any atom is -0.499 e. The molecular weight excluding hydrogens is 1900 g/mol. The van der Waals surface area contributed by atoms with Crippen LogP contribution in [0, 0.1) is 36.5 Å². The number of carbonyl (C=O) groups is 6. The van der Waals surface area contributed by atoms with Crippen LogP contribution in [0.4, 0.5) is 0 Å². The van der Waals surface area contributed by atoms with Gasteiger partial charge in [0.15, 0.2) is 31.1 Å². The van der Waals surface area contributed by atoms with Gasteiger partial charge >= 0.3 is 5.97 Å². The van der Waals surface area contributed by atoms with Crippen molar-refractivity contribution >= 4 is 90.0 Å². The van der Waals surface area contributed by atoms with E-state index in [1.54, 1.807) is 52.7 Å². The molecule has 3 N–H and O–H groups in total. The van der Waals surface area contributed by atoms with Crippen LogP contribution in [0.2, 0.25) is 0 Å². The van der Waals surface area contributed by atoms with Gasteiger partial charge in [0.05, 0.1) is 109 Å². The quantitative estimate of drug-likeness (QED) is 0.0105. The Balaban J connectivity index is 0.000000229. The summed E-state index contributed by atoms with van der Waals surface area (Å²) < 4.78 is 42.7. The summed E-state index contributed by atoms with van der Waals surface area (Å²) in [6.07, 6.45) is 15.8. The molecule has 31 heteroatoms. The van der Waals surface area contributed by atoms with E-state index in [0.29, 0.717) is 91.2 Å². The summed E-state index contributed by atoms with van der Waals surface area (Å²) in [5, 5.41) is 13.8. The van der Waals surface area contributed by atoms with Gasteiger partial charge in [-0.1, -0.05) is 106 Å². The molecule has 820 valence electrons. The summed E-state index contributed by atoms with van der Waals surface area (Å²) in [4.78, 5) is 132. The third-order valence-corrected chi connectivity index (χ3v) is 23.7. The number of allylic oxidation sites excluding steroid dienone is 1. The van der Waals surface area contributed by atoms with E-state index in [2.05, 4.69) is 160 Å². The number of nitrogens with one attached hydrogen (secondary N) is 3. The lowest BCUT2D eigenvalue weighted by Crippen LogP contribution is -2.41. The van der Waals surface area contributed by atoms with Gasteiger partial charge in [-0.3, -0.25) is 28.9 Å². The summed E-state index contributed by atoms with van der Waals surface area (Å²) in [5.41, 5.74) is 9.33. The highest BCUT2D eigenvalue weighted by atomic mass is 17.2. The molecule has 5 amide bonds. The van der Waals surface area contributed by atoms with Crippen molar-refractivity contribution in [2.24, 2.45) is 29.6 Å². The van der Waals surface area contributed by atoms with Gasteiger partial charge in [0.2, 0.25) is 17.7 Å². The number of amides is 5. The molecule has 5 aromatic heterocycles. The molecule has 11 aromatic rings. The maximum atomic E-state index is 12.8. The molecule has 1 aliphatic heterocycles. The van der Waals surface area contributed by atoms with Crippen LogP contribution in [-0.2, 0) is 103 Å². The van der Waals surface area contributed by atoms with Gasteiger partial charge < -0.3 is 67.2 Å². The molecule has 5 unspecified atom stereocenters. The summed E-state index contributed by atoms with van der Waals surface area (Å²) in [7, 11) is 7.87. The topological polar surface area (TPSA) is 314 Å². The van der Waals surface area contributed by atoms with Crippen LogP contribution in [0.25, 0.3) is 54.5 Å². The van der Waals surface area contributed by atoms with E-state index >= 15 is 0 Å². The lowest BCUT2D eigenvalue weighted by molar-refractivity contribution is -0.396. The van der Waals surface area contributed by atoms with Gasteiger partial charge in [0.25, 0.3) is 11.8 Å². The van der Waals surface area contributed by atoms with Crippen LogP contribution < -0.4 is 34.9 Å². The highest BCUT2D eigenvalue weighted by Gasteiger charge is 2.37. The van der Waals surface area contributed by atoms with Crippen molar-refractivity contribution in [2.45, 2.75) is 330 Å². The lowest BCUT2D eigenvalue weighted by Gasteiger charge is -2.28. The smallest absolute Gasteiger partial charge is 0.328 e. The Labute approximate surface area is 883 Å². The molecule has 0 saturated carbocycles. The Hall–Kier alpha value is -11.6.